The topological polar surface area (TPSA) is 45.9 Å². The molecule has 0 radical (unpaired) electrons. The van der Waals surface area contributed by atoms with Crippen LogP contribution in [0.15, 0.2) is 42.6 Å². The lowest BCUT2D eigenvalue weighted by Gasteiger charge is -2.19. The van der Waals surface area contributed by atoms with E-state index >= 15 is 0 Å². The predicted octanol–water partition coefficient (Wildman–Crippen LogP) is 4.04. The Balaban J connectivity index is 2.32. The van der Waals surface area contributed by atoms with Gasteiger partial charge in [0.1, 0.15) is 11.8 Å². The first-order chi connectivity index (χ1) is 9.00. The Hall–Kier alpha value is -2.34. The van der Waals surface area contributed by atoms with Crippen LogP contribution in [0, 0.1) is 11.3 Å². The van der Waals surface area contributed by atoms with E-state index in [0.717, 1.165) is 5.75 Å². The van der Waals surface area contributed by atoms with Crippen molar-refractivity contribution < 1.29 is 4.74 Å². The van der Waals surface area contributed by atoms with Crippen molar-refractivity contribution in [1.82, 2.24) is 4.98 Å². The summed E-state index contributed by atoms with van der Waals surface area (Å²) in [5.41, 5.74) is 1.54. The highest BCUT2D eigenvalue weighted by Crippen LogP contribution is 2.29. The van der Waals surface area contributed by atoms with Crippen molar-refractivity contribution in [2.75, 3.05) is 0 Å². The van der Waals surface area contributed by atoms with Crippen LogP contribution >= 0.6 is 0 Å². The minimum Gasteiger partial charge on any atom is -0.454 e. The predicted molar refractivity (Wildman–Crippen MR) is 74.2 cm³/mol. The van der Waals surface area contributed by atoms with Crippen LogP contribution in [0.25, 0.3) is 0 Å². The molecule has 1 aromatic heterocycles. The van der Waals surface area contributed by atoms with Gasteiger partial charge in [-0.3, -0.25) is 0 Å². The van der Waals surface area contributed by atoms with E-state index in [1.807, 2.05) is 24.3 Å². The van der Waals surface area contributed by atoms with E-state index in [9.17, 15) is 0 Å². The Bertz CT molecular complexity index is 621. The van der Waals surface area contributed by atoms with Gasteiger partial charge in [-0.2, -0.15) is 5.26 Å². The van der Waals surface area contributed by atoms with Gasteiger partial charge < -0.3 is 4.74 Å². The second kappa shape index (κ2) is 5.11. The third-order valence-electron chi connectivity index (χ3n) is 2.80. The van der Waals surface area contributed by atoms with Crippen LogP contribution in [0.3, 0.4) is 0 Å². The molecule has 0 aliphatic carbocycles. The van der Waals surface area contributed by atoms with Crippen molar-refractivity contribution in [3.05, 3.63) is 53.9 Å². The maximum atomic E-state index is 8.99. The molecular weight excluding hydrogens is 236 g/mol. The number of pyridine rings is 1. The second-order valence-electron chi connectivity index (χ2n) is 5.34. The Morgan fingerprint density at radius 1 is 1.16 bits per heavy atom. The number of hydrogen-bond acceptors (Lipinski definition) is 3. The SMILES string of the molecule is CC(C)(C)c1cccc(Oc2cccnc2C#N)c1. The molecule has 0 atom stereocenters. The van der Waals surface area contributed by atoms with Crippen molar-refractivity contribution in [3.63, 3.8) is 0 Å². The Morgan fingerprint density at radius 2 is 1.95 bits per heavy atom. The maximum Gasteiger partial charge on any atom is 0.183 e. The van der Waals surface area contributed by atoms with Gasteiger partial charge in [-0.05, 0) is 35.2 Å². The van der Waals surface area contributed by atoms with E-state index in [1.165, 1.54) is 5.56 Å². The number of benzene rings is 1. The molecule has 1 heterocycles. The molecule has 0 saturated heterocycles. The van der Waals surface area contributed by atoms with E-state index in [-0.39, 0.29) is 5.41 Å². The van der Waals surface area contributed by atoms with Gasteiger partial charge in [-0.1, -0.05) is 32.9 Å². The standard InChI is InChI=1S/C16H16N2O/c1-16(2,3)12-6-4-7-13(10-12)19-15-8-5-9-18-14(15)11-17/h4-10H,1-3H3. The minimum absolute atomic E-state index is 0.0619. The molecule has 0 unspecified atom stereocenters. The lowest BCUT2D eigenvalue weighted by molar-refractivity contribution is 0.474. The van der Waals surface area contributed by atoms with E-state index in [0.29, 0.717) is 11.4 Å². The Morgan fingerprint density at radius 3 is 2.63 bits per heavy atom. The highest BCUT2D eigenvalue weighted by molar-refractivity contribution is 5.41. The molecule has 0 bridgehead atoms. The van der Waals surface area contributed by atoms with Crippen LogP contribution in [0.2, 0.25) is 0 Å². The summed E-state index contributed by atoms with van der Waals surface area (Å²) in [4.78, 5) is 3.98. The van der Waals surface area contributed by atoms with Gasteiger partial charge in [0, 0.05) is 6.20 Å². The molecule has 1 aromatic carbocycles. The van der Waals surface area contributed by atoms with Crippen molar-refractivity contribution in [3.8, 4) is 17.6 Å². The molecule has 3 nitrogen and oxygen atoms in total. The van der Waals surface area contributed by atoms with E-state index in [4.69, 9.17) is 10.00 Å². The summed E-state index contributed by atoms with van der Waals surface area (Å²) in [5, 5.41) is 8.99. The lowest BCUT2D eigenvalue weighted by Crippen LogP contribution is -2.10. The molecular formula is C16H16N2O. The van der Waals surface area contributed by atoms with Crippen molar-refractivity contribution >= 4 is 0 Å². The van der Waals surface area contributed by atoms with Crippen molar-refractivity contribution in [1.29, 1.82) is 5.26 Å². The van der Waals surface area contributed by atoms with Crippen molar-refractivity contribution in [2.45, 2.75) is 26.2 Å². The normalized spacial score (nSPS) is 10.8. The fraction of sp³-hybridized carbons (Fsp3) is 0.250. The van der Waals surface area contributed by atoms with Crippen LogP contribution in [0.4, 0.5) is 0 Å². The number of hydrogen-bond donors (Lipinski definition) is 0. The second-order valence-corrected chi connectivity index (χ2v) is 5.34. The van der Waals surface area contributed by atoms with Crippen LogP contribution in [0.1, 0.15) is 32.0 Å². The molecule has 0 saturated carbocycles. The van der Waals surface area contributed by atoms with Gasteiger partial charge >= 0.3 is 0 Å². The molecule has 0 N–H and O–H groups in total. The fourth-order valence-corrected chi connectivity index (χ4v) is 1.71. The summed E-state index contributed by atoms with van der Waals surface area (Å²) in [6.45, 7) is 6.45. The van der Waals surface area contributed by atoms with Crippen LogP contribution in [-0.2, 0) is 5.41 Å². The first-order valence-electron chi connectivity index (χ1n) is 6.14. The summed E-state index contributed by atoms with van der Waals surface area (Å²) in [6, 6.07) is 13.4. The number of nitrogens with zero attached hydrogens (tertiary/aromatic N) is 2. The summed E-state index contributed by atoms with van der Waals surface area (Å²) < 4.78 is 5.75. The molecule has 2 aromatic rings. The minimum atomic E-state index is 0.0619. The molecule has 0 aliphatic heterocycles. The zero-order chi connectivity index (χ0) is 13.9. The first-order valence-corrected chi connectivity index (χ1v) is 6.14. The van der Waals surface area contributed by atoms with Gasteiger partial charge in [0.05, 0.1) is 0 Å². The Kier molecular flexibility index (Phi) is 3.52. The third kappa shape index (κ3) is 3.11. The average Bonchev–Trinajstić information content (AvgIpc) is 2.39. The monoisotopic (exact) mass is 252 g/mol. The van der Waals surface area contributed by atoms with Crippen molar-refractivity contribution in [2.24, 2.45) is 0 Å². The zero-order valence-corrected chi connectivity index (χ0v) is 11.3. The summed E-state index contributed by atoms with van der Waals surface area (Å²) in [5.74, 6) is 1.20. The molecule has 96 valence electrons. The highest BCUT2D eigenvalue weighted by Gasteiger charge is 2.14. The lowest BCUT2D eigenvalue weighted by atomic mass is 9.87. The summed E-state index contributed by atoms with van der Waals surface area (Å²) in [7, 11) is 0. The maximum absolute atomic E-state index is 8.99. The van der Waals surface area contributed by atoms with E-state index in [2.05, 4.69) is 31.8 Å². The van der Waals surface area contributed by atoms with Gasteiger partial charge in [0.25, 0.3) is 0 Å². The smallest absolute Gasteiger partial charge is 0.183 e. The molecule has 0 fully saturated rings. The Labute approximate surface area is 113 Å². The zero-order valence-electron chi connectivity index (χ0n) is 11.3. The average molecular weight is 252 g/mol. The van der Waals surface area contributed by atoms with Crippen LogP contribution in [0.5, 0.6) is 11.5 Å². The van der Waals surface area contributed by atoms with Gasteiger partial charge in [-0.25, -0.2) is 4.98 Å². The van der Waals surface area contributed by atoms with Gasteiger partial charge in [-0.15, -0.1) is 0 Å². The summed E-state index contributed by atoms with van der Waals surface area (Å²) in [6.07, 6.45) is 1.58. The van der Waals surface area contributed by atoms with E-state index in [1.54, 1.807) is 18.3 Å². The number of ether oxygens (including phenoxy) is 1. The molecule has 19 heavy (non-hydrogen) atoms. The molecule has 0 amide bonds. The fourth-order valence-electron chi connectivity index (χ4n) is 1.71. The largest absolute Gasteiger partial charge is 0.454 e. The van der Waals surface area contributed by atoms with Crippen LogP contribution < -0.4 is 4.74 Å². The first kappa shape index (κ1) is 13.1. The molecule has 0 aliphatic rings. The highest BCUT2D eigenvalue weighted by atomic mass is 16.5. The number of nitriles is 1. The summed E-state index contributed by atoms with van der Waals surface area (Å²) >= 11 is 0. The number of rotatable bonds is 2. The molecule has 3 heteroatoms. The third-order valence-corrected chi connectivity index (χ3v) is 2.80. The number of aromatic nitrogens is 1. The van der Waals surface area contributed by atoms with Gasteiger partial charge in [0.2, 0.25) is 0 Å². The van der Waals surface area contributed by atoms with E-state index < -0.39 is 0 Å². The molecule has 0 spiro atoms. The van der Waals surface area contributed by atoms with Gasteiger partial charge in [0.15, 0.2) is 11.4 Å². The quantitative estimate of drug-likeness (QED) is 0.810. The van der Waals surface area contributed by atoms with Crippen LogP contribution in [-0.4, -0.2) is 4.98 Å². The molecule has 2 rings (SSSR count).